The van der Waals surface area contributed by atoms with Crippen LogP contribution >= 0.6 is 0 Å². The molecule has 2 aromatic heterocycles. The van der Waals surface area contributed by atoms with E-state index in [4.69, 9.17) is 8.83 Å². The summed E-state index contributed by atoms with van der Waals surface area (Å²) >= 11 is 0. The Morgan fingerprint density at radius 1 is 0.562 bits per heavy atom. The Kier molecular flexibility index (Phi) is 3.70. The molecular weight excluding hydrogens is 400 g/mol. The van der Waals surface area contributed by atoms with Gasteiger partial charge in [-0.2, -0.15) is 0 Å². The van der Waals surface area contributed by atoms with Crippen molar-refractivity contribution < 1.29 is 8.83 Å². The second-order valence-corrected chi connectivity index (χ2v) is 9.34. The van der Waals surface area contributed by atoms with Crippen LogP contribution in [0.25, 0.3) is 54.6 Å². The molecule has 4 aromatic carbocycles. The predicted octanol–water partition coefficient (Wildman–Crippen LogP) is 6.61. The molecule has 6 aromatic rings. The van der Waals surface area contributed by atoms with Gasteiger partial charge in [0.25, 0.3) is 0 Å². The average molecular weight is 420 g/mol. The van der Waals surface area contributed by atoms with Crippen molar-refractivity contribution >= 4 is 43.5 Å². The smallest absolute Gasteiger partial charge is 0.346 e. The highest BCUT2D eigenvalue weighted by Gasteiger charge is 2.18. The molecule has 0 saturated carbocycles. The molecule has 156 valence electrons. The van der Waals surface area contributed by atoms with E-state index in [0.717, 1.165) is 32.9 Å². The lowest BCUT2D eigenvalue weighted by Gasteiger charge is -2.19. The summed E-state index contributed by atoms with van der Waals surface area (Å²) < 4.78 is 11.1. The fraction of sp³-hybridized carbons (Fsp3) is 0.143. The van der Waals surface area contributed by atoms with Crippen molar-refractivity contribution in [3.63, 3.8) is 0 Å². The van der Waals surface area contributed by atoms with Gasteiger partial charge >= 0.3 is 11.3 Å². The Morgan fingerprint density at radius 2 is 1.16 bits per heavy atom. The van der Waals surface area contributed by atoms with Crippen molar-refractivity contribution in [1.29, 1.82) is 0 Å². The van der Waals surface area contributed by atoms with E-state index in [2.05, 4.69) is 57.2 Å². The molecule has 0 fully saturated rings. The van der Waals surface area contributed by atoms with Crippen molar-refractivity contribution in [2.75, 3.05) is 0 Å². The van der Waals surface area contributed by atoms with Gasteiger partial charge in [0.05, 0.1) is 10.8 Å². The first-order valence-electron chi connectivity index (χ1n) is 10.6. The first-order valence-corrected chi connectivity index (χ1v) is 10.6. The highest BCUT2D eigenvalue weighted by Crippen LogP contribution is 2.38. The summed E-state index contributed by atoms with van der Waals surface area (Å²) in [6.07, 6.45) is 0. The molecule has 4 heteroatoms. The standard InChI is InChI=1S/C28H20O4/c1-28(2,3)17-7-4-15(5-8-17)16-6-12-22-21(14-16)18-9-10-19-24-20(27(30)32-26(19)29)11-13-23(31-22)25(18)24/h4-14H,1-3H3. The van der Waals surface area contributed by atoms with E-state index in [1.54, 1.807) is 18.2 Å². The summed E-state index contributed by atoms with van der Waals surface area (Å²) in [5, 5.41) is 4.04. The molecule has 0 aliphatic rings. The number of rotatable bonds is 1. The molecule has 4 nitrogen and oxygen atoms in total. The highest BCUT2D eigenvalue weighted by molar-refractivity contribution is 6.26. The molecule has 32 heavy (non-hydrogen) atoms. The van der Waals surface area contributed by atoms with Crippen molar-refractivity contribution in [2.45, 2.75) is 26.2 Å². The van der Waals surface area contributed by atoms with Gasteiger partial charge in [0.2, 0.25) is 0 Å². The molecule has 0 radical (unpaired) electrons. The molecule has 6 rings (SSSR count). The third-order valence-electron chi connectivity index (χ3n) is 6.32. The zero-order valence-electron chi connectivity index (χ0n) is 18.0. The molecule has 0 spiro atoms. The third kappa shape index (κ3) is 2.62. The minimum Gasteiger partial charge on any atom is -0.456 e. The highest BCUT2D eigenvalue weighted by atomic mass is 16.4. The third-order valence-corrected chi connectivity index (χ3v) is 6.32. The minimum atomic E-state index is -0.621. The lowest BCUT2D eigenvalue weighted by atomic mass is 9.86. The van der Waals surface area contributed by atoms with Gasteiger partial charge in [-0.05, 0) is 57.8 Å². The van der Waals surface area contributed by atoms with Crippen LogP contribution in [0.1, 0.15) is 26.3 Å². The van der Waals surface area contributed by atoms with Crippen LogP contribution in [0, 0.1) is 0 Å². The number of hydrogen-bond donors (Lipinski definition) is 0. The fourth-order valence-corrected chi connectivity index (χ4v) is 4.60. The maximum absolute atomic E-state index is 12.3. The van der Waals surface area contributed by atoms with Gasteiger partial charge in [-0.25, -0.2) is 9.59 Å². The van der Waals surface area contributed by atoms with Crippen LogP contribution in [0.5, 0.6) is 0 Å². The summed E-state index contributed by atoms with van der Waals surface area (Å²) in [6, 6.07) is 21.8. The Hall–Kier alpha value is -3.92. The Balaban J connectivity index is 1.66. The van der Waals surface area contributed by atoms with Crippen molar-refractivity contribution in [1.82, 2.24) is 0 Å². The molecule has 0 amide bonds. The van der Waals surface area contributed by atoms with Crippen LogP contribution in [0.2, 0.25) is 0 Å². The van der Waals surface area contributed by atoms with Gasteiger partial charge < -0.3 is 8.83 Å². The van der Waals surface area contributed by atoms with Gasteiger partial charge in [0.1, 0.15) is 11.2 Å². The van der Waals surface area contributed by atoms with E-state index in [0.29, 0.717) is 21.7 Å². The van der Waals surface area contributed by atoms with Gasteiger partial charge in [0, 0.05) is 16.2 Å². The maximum Gasteiger partial charge on any atom is 0.346 e. The lowest BCUT2D eigenvalue weighted by Crippen LogP contribution is -2.12. The van der Waals surface area contributed by atoms with Crippen LogP contribution in [0.3, 0.4) is 0 Å². The van der Waals surface area contributed by atoms with Crippen LogP contribution in [0.4, 0.5) is 0 Å². The van der Waals surface area contributed by atoms with Crippen molar-refractivity contribution in [3.05, 3.63) is 93.1 Å². The van der Waals surface area contributed by atoms with Gasteiger partial charge in [-0.3, -0.25) is 0 Å². The van der Waals surface area contributed by atoms with Gasteiger partial charge in [-0.15, -0.1) is 0 Å². The summed E-state index contributed by atoms with van der Waals surface area (Å²) in [5.41, 5.74) is 3.72. The van der Waals surface area contributed by atoms with Crippen LogP contribution in [-0.2, 0) is 5.41 Å². The summed E-state index contributed by atoms with van der Waals surface area (Å²) in [7, 11) is 0. The second kappa shape index (κ2) is 6.30. The fourth-order valence-electron chi connectivity index (χ4n) is 4.60. The van der Waals surface area contributed by atoms with Crippen LogP contribution in [-0.4, -0.2) is 0 Å². The lowest BCUT2D eigenvalue weighted by molar-refractivity contribution is 0.489. The van der Waals surface area contributed by atoms with E-state index in [1.165, 1.54) is 5.56 Å². The summed E-state index contributed by atoms with van der Waals surface area (Å²) in [5.74, 6) is 0. The molecule has 0 atom stereocenters. The molecule has 0 bridgehead atoms. The Bertz CT molecular complexity index is 1750. The van der Waals surface area contributed by atoms with Crippen LogP contribution in [0.15, 0.2) is 85.2 Å². The van der Waals surface area contributed by atoms with Crippen LogP contribution < -0.4 is 11.3 Å². The van der Waals surface area contributed by atoms with E-state index in [-0.39, 0.29) is 5.41 Å². The first-order chi connectivity index (χ1) is 15.3. The van der Waals surface area contributed by atoms with E-state index < -0.39 is 11.3 Å². The quantitative estimate of drug-likeness (QED) is 0.222. The molecule has 0 unspecified atom stereocenters. The summed E-state index contributed by atoms with van der Waals surface area (Å²) in [4.78, 5) is 24.6. The SMILES string of the molecule is CC(C)(C)c1ccc(-c2ccc3oc4ccc5c(=O)oc(=O)c6ccc(c3c2)c4c56)cc1. The molecule has 0 aliphatic carbocycles. The molecule has 0 N–H and O–H groups in total. The maximum atomic E-state index is 12.3. The van der Waals surface area contributed by atoms with Crippen molar-refractivity contribution in [3.8, 4) is 11.1 Å². The molecule has 2 heterocycles. The van der Waals surface area contributed by atoms with Gasteiger partial charge in [0.15, 0.2) is 0 Å². The zero-order chi connectivity index (χ0) is 22.2. The summed E-state index contributed by atoms with van der Waals surface area (Å²) in [6.45, 7) is 6.61. The number of hydrogen-bond acceptors (Lipinski definition) is 4. The second-order valence-electron chi connectivity index (χ2n) is 9.34. The minimum absolute atomic E-state index is 0.0978. The van der Waals surface area contributed by atoms with E-state index >= 15 is 0 Å². The largest absolute Gasteiger partial charge is 0.456 e. The number of fused-ring (bicyclic) bond motifs is 2. The Morgan fingerprint density at radius 3 is 1.84 bits per heavy atom. The normalized spacial score (nSPS) is 12.5. The van der Waals surface area contributed by atoms with Crippen molar-refractivity contribution in [2.24, 2.45) is 0 Å². The Labute approximate surface area is 183 Å². The first kappa shape index (κ1) is 18.8. The van der Waals surface area contributed by atoms with E-state index in [1.807, 2.05) is 12.1 Å². The number of benzene rings is 4. The topological polar surface area (TPSA) is 60.4 Å². The zero-order valence-corrected chi connectivity index (χ0v) is 18.0. The molecule has 0 saturated heterocycles. The monoisotopic (exact) mass is 420 g/mol. The predicted molar refractivity (Wildman–Crippen MR) is 129 cm³/mol. The molecule has 0 aliphatic heterocycles. The van der Waals surface area contributed by atoms with Gasteiger partial charge in [-0.1, -0.05) is 57.2 Å². The van der Waals surface area contributed by atoms with E-state index in [9.17, 15) is 9.59 Å². The average Bonchev–Trinajstić information content (AvgIpc) is 2.78. The molecular formula is C28H20O4.